The molecule has 1 atom stereocenters. The Balaban J connectivity index is 1.83. The van der Waals surface area contributed by atoms with Gasteiger partial charge in [-0.25, -0.2) is 4.39 Å². The van der Waals surface area contributed by atoms with E-state index in [0.717, 1.165) is 19.4 Å². The first-order chi connectivity index (χ1) is 9.15. The van der Waals surface area contributed by atoms with Crippen LogP contribution in [0.5, 0.6) is 0 Å². The van der Waals surface area contributed by atoms with Gasteiger partial charge in [-0.15, -0.1) is 0 Å². The first kappa shape index (κ1) is 13.5. The van der Waals surface area contributed by atoms with Gasteiger partial charge in [0.15, 0.2) is 0 Å². The average molecular weight is 264 g/mol. The third-order valence-electron chi connectivity index (χ3n) is 2.98. The van der Waals surface area contributed by atoms with Gasteiger partial charge in [0, 0.05) is 19.2 Å². The summed E-state index contributed by atoms with van der Waals surface area (Å²) in [5.41, 5.74) is 6.20. The Morgan fingerprint density at radius 2 is 2.42 bits per heavy atom. The Morgan fingerprint density at radius 1 is 1.58 bits per heavy atom. The molecular formula is C14H17FN2O2. The molecule has 0 radical (unpaired) electrons. The molecule has 0 saturated carbocycles. The molecule has 0 bridgehead atoms. The average Bonchev–Trinajstić information content (AvgIpc) is 2.91. The minimum atomic E-state index is -0.458. The summed E-state index contributed by atoms with van der Waals surface area (Å²) in [5, 5.41) is 2.76. The van der Waals surface area contributed by atoms with Gasteiger partial charge in [-0.3, -0.25) is 4.79 Å². The fourth-order valence-corrected chi connectivity index (χ4v) is 1.92. The van der Waals surface area contributed by atoms with E-state index in [1.165, 1.54) is 18.2 Å². The van der Waals surface area contributed by atoms with Crippen LogP contribution in [0.4, 0.5) is 10.1 Å². The quantitative estimate of drug-likeness (QED) is 0.643. The molecule has 1 aliphatic heterocycles. The van der Waals surface area contributed by atoms with E-state index in [2.05, 4.69) is 5.32 Å². The fraction of sp³-hybridized carbons (Fsp3) is 0.357. The molecule has 4 nitrogen and oxygen atoms in total. The number of amides is 1. The predicted octanol–water partition coefficient (Wildman–Crippen LogP) is 1.72. The standard InChI is InChI=1S/C14H17FN2O2/c15-12-5-3-10(8-13(12)16)4-6-14(18)17-9-11-2-1-7-19-11/h3-6,8,11H,1-2,7,9,16H2,(H,17,18)/b6-4+. The number of hydrogen-bond donors (Lipinski definition) is 2. The zero-order valence-electron chi connectivity index (χ0n) is 10.6. The second kappa shape index (κ2) is 6.33. The van der Waals surface area contributed by atoms with Gasteiger partial charge in [0.25, 0.3) is 0 Å². The monoisotopic (exact) mass is 264 g/mol. The lowest BCUT2D eigenvalue weighted by Crippen LogP contribution is -2.30. The van der Waals surface area contributed by atoms with Crippen molar-refractivity contribution in [3.63, 3.8) is 0 Å². The molecule has 3 N–H and O–H groups in total. The summed E-state index contributed by atoms with van der Waals surface area (Å²) < 4.78 is 18.3. The summed E-state index contributed by atoms with van der Waals surface area (Å²) in [5.74, 6) is -0.654. The van der Waals surface area contributed by atoms with Crippen molar-refractivity contribution in [3.8, 4) is 0 Å². The molecule has 1 heterocycles. The number of hydrogen-bond acceptors (Lipinski definition) is 3. The predicted molar refractivity (Wildman–Crippen MR) is 71.8 cm³/mol. The molecule has 1 aromatic carbocycles. The summed E-state index contributed by atoms with van der Waals surface area (Å²) in [6, 6.07) is 4.33. The van der Waals surface area contributed by atoms with Crippen molar-refractivity contribution in [2.45, 2.75) is 18.9 Å². The van der Waals surface area contributed by atoms with Gasteiger partial charge in [0.2, 0.25) is 5.91 Å². The molecule has 1 amide bonds. The number of benzene rings is 1. The Morgan fingerprint density at radius 3 is 3.11 bits per heavy atom. The van der Waals surface area contributed by atoms with Crippen LogP contribution in [0.1, 0.15) is 18.4 Å². The van der Waals surface area contributed by atoms with Gasteiger partial charge >= 0.3 is 0 Å². The van der Waals surface area contributed by atoms with Crippen molar-refractivity contribution in [2.75, 3.05) is 18.9 Å². The molecule has 1 aromatic rings. The second-order valence-electron chi connectivity index (χ2n) is 4.49. The van der Waals surface area contributed by atoms with Crippen molar-refractivity contribution in [1.29, 1.82) is 0 Å². The maximum atomic E-state index is 12.9. The Kier molecular flexibility index (Phi) is 4.52. The number of carbonyl (C=O) groups excluding carboxylic acids is 1. The topological polar surface area (TPSA) is 64.4 Å². The van der Waals surface area contributed by atoms with Crippen LogP contribution < -0.4 is 11.1 Å². The van der Waals surface area contributed by atoms with Gasteiger partial charge in [-0.1, -0.05) is 6.07 Å². The van der Waals surface area contributed by atoms with Crippen LogP contribution in [-0.4, -0.2) is 25.2 Å². The number of anilines is 1. The van der Waals surface area contributed by atoms with Gasteiger partial charge in [-0.05, 0) is 36.6 Å². The highest BCUT2D eigenvalue weighted by Crippen LogP contribution is 2.13. The number of rotatable bonds is 4. The number of halogens is 1. The van der Waals surface area contributed by atoms with E-state index in [1.807, 2.05) is 0 Å². The van der Waals surface area contributed by atoms with E-state index in [-0.39, 0.29) is 17.7 Å². The second-order valence-corrected chi connectivity index (χ2v) is 4.49. The van der Waals surface area contributed by atoms with Crippen molar-refractivity contribution < 1.29 is 13.9 Å². The van der Waals surface area contributed by atoms with Crippen LogP contribution >= 0.6 is 0 Å². The van der Waals surface area contributed by atoms with Gasteiger partial charge in [-0.2, -0.15) is 0 Å². The lowest BCUT2D eigenvalue weighted by atomic mass is 10.2. The first-order valence-corrected chi connectivity index (χ1v) is 6.27. The van der Waals surface area contributed by atoms with Crippen LogP contribution in [0.3, 0.4) is 0 Å². The van der Waals surface area contributed by atoms with Crippen LogP contribution in [0, 0.1) is 5.82 Å². The lowest BCUT2D eigenvalue weighted by molar-refractivity contribution is -0.116. The molecule has 19 heavy (non-hydrogen) atoms. The molecule has 1 aliphatic rings. The summed E-state index contributed by atoms with van der Waals surface area (Å²) >= 11 is 0. The smallest absolute Gasteiger partial charge is 0.244 e. The summed E-state index contributed by atoms with van der Waals surface area (Å²) in [6.45, 7) is 1.29. The molecule has 0 aromatic heterocycles. The van der Waals surface area contributed by atoms with Crippen LogP contribution in [0.15, 0.2) is 24.3 Å². The van der Waals surface area contributed by atoms with Gasteiger partial charge in [0.05, 0.1) is 11.8 Å². The molecule has 0 aliphatic carbocycles. The molecule has 0 spiro atoms. The van der Waals surface area contributed by atoms with Crippen LogP contribution in [-0.2, 0) is 9.53 Å². The molecule has 5 heteroatoms. The molecule has 1 unspecified atom stereocenters. The third-order valence-corrected chi connectivity index (χ3v) is 2.98. The number of nitrogens with two attached hydrogens (primary N) is 1. The molecule has 102 valence electrons. The summed E-state index contributed by atoms with van der Waals surface area (Å²) in [4.78, 5) is 11.6. The van der Waals surface area contributed by atoms with Gasteiger partial charge < -0.3 is 15.8 Å². The van der Waals surface area contributed by atoms with E-state index in [1.54, 1.807) is 12.1 Å². The Bertz CT molecular complexity index is 482. The van der Waals surface area contributed by atoms with Crippen molar-refractivity contribution in [1.82, 2.24) is 5.32 Å². The van der Waals surface area contributed by atoms with E-state index in [9.17, 15) is 9.18 Å². The van der Waals surface area contributed by atoms with Crippen molar-refractivity contribution in [2.24, 2.45) is 0 Å². The lowest BCUT2D eigenvalue weighted by Gasteiger charge is -2.08. The molecular weight excluding hydrogens is 247 g/mol. The highest BCUT2D eigenvalue weighted by atomic mass is 19.1. The van der Waals surface area contributed by atoms with E-state index in [4.69, 9.17) is 10.5 Å². The summed E-state index contributed by atoms with van der Waals surface area (Å²) in [6.07, 6.45) is 5.16. The Hall–Kier alpha value is -1.88. The van der Waals surface area contributed by atoms with E-state index < -0.39 is 5.82 Å². The zero-order chi connectivity index (χ0) is 13.7. The first-order valence-electron chi connectivity index (χ1n) is 6.27. The normalized spacial score (nSPS) is 18.9. The maximum absolute atomic E-state index is 12.9. The molecule has 2 rings (SSSR count). The zero-order valence-corrected chi connectivity index (χ0v) is 10.6. The maximum Gasteiger partial charge on any atom is 0.244 e. The van der Waals surface area contributed by atoms with E-state index in [0.29, 0.717) is 12.1 Å². The number of nitrogen functional groups attached to an aromatic ring is 1. The highest BCUT2D eigenvalue weighted by Gasteiger charge is 2.15. The van der Waals surface area contributed by atoms with Crippen LogP contribution in [0.2, 0.25) is 0 Å². The van der Waals surface area contributed by atoms with Crippen molar-refractivity contribution in [3.05, 3.63) is 35.7 Å². The molecule has 1 fully saturated rings. The number of nitrogens with one attached hydrogen (secondary N) is 1. The van der Waals surface area contributed by atoms with Crippen LogP contribution in [0.25, 0.3) is 6.08 Å². The number of ether oxygens (including phenoxy) is 1. The third kappa shape index (κ3) is 4.06. The SMILES string of the molecule is Nc1cc(/C=C/C(=O)NCC2CCCO2)ccc1F. The highest BCUT2D eigenvalue weighted by molar-refractivity contribution is 5.91. The molecule has 1 saturated heterocycles. The number of carbonyl (C=O) groups is 1. The van der Waals surface area contributed by atoms with Gasteiger partial charge in [0.1, 0.15) is 5.82 Å². The minimum Gasteiger partial charge on any atom is -0.396 e. The summed E-state index contributed by atoms with van der Waals surface area (Å²) in [7, 11) is 0. The Labute approximate surface area is 111 Å². The van der Waals surface area contributed by atoms with E-state index >= 15 is 0 Å². The fourth-order valence-electron chi connectivity index (χ4n) is 1.92. The largest absolute Gasteiger partial charge is 0.396 e. The minimum absolute atomic E-state index is 0.0712. The van der Waals surface area contributed by atoms with Crippen molar-refractivity contribution >= 4 is 17.7 Å².